The van der Waals surface area contributed by atoms with Crippen LogP contribution in [0, 0.1) is 0 Å². The van der Waals surface area contributed by atoms with Crippen LogP contribution in [0.3, 0.4) is 0 Å². The molecule has 0 aliphatic rings. The highest BCUT2D eigenvalue weighted by Crippen LogP contribution is 2.29. The van der Waals surface area contributed by atoms with Crippen molar-refractivity contribution in [2.45, 2.75) is 52.6 Å². The summed E-state index contributed by atoms with van der Waals surface area (Å²) in [6.07, 6.45) is 2.27. The van der Waals surface area contributed by atoms with Gasteiger partial charge < -0.3 is 15.0 Å². The summed E-state index contributed by atoms with van der Waals surface area (Å²) in [4.78, 5) is 2.44. The molecule has 0 saturated heterocycles. The minimum atomic E-state index is 0.379. The Hall–Kier alpha value is -1.06. The molecule has 0 radical (unpaired) electrons. The number of rotatable bonds is 10. The van der Waals surface area contributed by atoms with Gasteiger partial charge in [-0.3, -0.25) is 0 Å². The van der Waals surface area contributed by atoms with Crippen molar-refractivity contribution in [1.29, 1.82) is 0 Å². The Morgan fingerprint density at radius 2 is 1.90 bits per heavy atom. The Kier molecular flexibility index (Phi) is 8.40. The normalized spacial score (nSPS) is 14.0. The molecule has 0 aliphatic carbocycles. The molecule has 0 amide bonds. The number of para-hydroxylation sites is 1. The summed E-state index contributed by atoms with van der Waals surface area (Å²) in [5.41, 5.74) is 2.73. The Balaban J connectivity index is 3.05. The number of benzene rings is 1. The molecule has 1 rings (SSSR count). The molecule has 2 atom stereocenters. The van der Waals surface area contributed by atoms with Crippen molar-refractivity contribution in [3.05, 3.63) is 29.8 Å². The third-order valence-corrected chi connectivity index (χ3v) is 3.95. The van der Waals surface area contributed by atoms with Crippen LogP contribution < -0.4 is 10.2 Å². The average Bonchev–Trinajstić information content (AvgIpc) is 2.50. The van der Waals surface area contributed by atoms with Crippen molar-refractivity contribution in [1.82, 2.24) is 5.32 Å². The zero-order chi connectivity index (χ0) is 15.7. The highest BCUT2D eigenvalue weighted by Gasteiger charge is 2.19. The Labute approximate surface area is 130 Å². The quantitative estimate of drug-likeness (QED) is 0.705. The van der Waals surface area contributed by atoms with E-state index in [1.54, 1.807) is 7.11 Å². The van der Waals surface area contributed by atoms with Gasteiger partial charge in [0.2, 0.25) is 0 Å². The second-order valence-corrected chi connectivity index (χ2v) is 5.56. The van der Waals surface area contributed by atoms with Gasteiger partial charge in [-0.15, -0.1) is 0 Å². The number of hydrogen-bond donors (Lipinski definition) is 1. The van der Waals surface area contributed by atoms with Crippen molar-refractivity contribution in [3.8, 4) is 0 Å². The first-order valence-corrected chi connectivity index (χ1v) is 8.27. The van der Waals surface area contributed by atoms with Gasteiger partial charge in [-0.2, -0.15) is 0 Å². The van der Waals surface area contributed by atoms with E-state index >= 15 is 0 Å². The molecule has 0 aliphatic heterocycles. The van der Waals surface area contributed by atoms with Crippen LogP contribution >= 0.6 is 0 Å². The number of hydrogen-bond acceptors (Lipinski definition) is 3. The Morgan fingerprint density at radius 1 is 1.19 bits per heavy atom. The molecule has 0 heterocycles. The molecule has 120 valence electrons. The van der Waals surface area contributed by atoms with Gasteiger partial charge in [-0.05, 0) is 44.9 Å². The summed E-state index contributed by atoms with van der Waals surface area (Å²) in [5.74, 6) is 0. The van der Waals surface area contributed by atoms with Gasteiger partial charge in [-0.25, -0.2) is 0 Å². The van der Waals surface area contributed by atoms with Crippen molar-refractivity contribution >= 4 is 5.69 Å². The Bertz CT molecular complexity index is 395. The Morgan fingerprint density at radius 3 is 2.48 bits per heavy atom. The monoisotopic (exact) mass is 292 g/mol. The molecule has 3 nitrogen and oxygen atoms in total. The first-order chi connectivity index (χ1) is 10.2. The number of likely N-dealkylation sites (N-methyl/N-ethyl adjacent to an activating group) is 1. The van der Waals surface area contributed by atoms with E-state index in [-0.39, 0.29) is 0 Å². The minimum Gasteiger partial charge on any atom is -0.383 e. The minimum absolute atomic E-state index is 0.379. The number of anilines is 1. The zero-order valence-corrected chi connectivity index (χ0v) is 14.4. The summed E-state index contributed by atoms with van der Waals surface area (Å²) < 4.78 is 5.34. The predicted molar refractivity (Wildman–Crippen MR) is 92.1 cm³/mol. The molecule has 0 fully saturated rings. The summed E-state index contributed by atoms with van der Waals surface area (Å²) in [6.45, 7) is 11.7. The molecule has 1 N–H and O–H groups in total. The maximum Gasteiger partial charge on any atom is 0.0663 e. The molecule has 0 spiro atoms. The van der Waals surface area contributed by atoms with Crippen LogP contribution in [0.1, 0.15) is 52.1 Å². The van der Waals surface area contributed by atoms with E-state index in [9.17, 15) is 0 Å². The molecule has 21 heavy (non-hydrogen) atoms. The van der Waals surface area contributed by atoms with Crippen LogP contribution in [0.15, 0.2) is 24.3 Å². The van der Waals surface area contributed by atoms with Gasteiger partial charge in [0.25, 0.3) is 0 Å². The molecule has 0 aromatic heterocycles. The molecular formula is C18H32N2O. The smallest absolute Gasteiger partial charge is 0.0663 e. The number of ether oxygens (including phenoxy) is 1. The molecule has 2 unspecified atom stereocenters. The average molecular weight is 292 g/mol. The van der Waals surface area contributed by atoms with Crippen molar-refractivity contribution in [2.75, 3.05) is 31.7 Å². The van der Waals surface area contributed by atoms with Crippen molar-refractivity contribution in [3.63, 3.8) is 0 Å². The summed E-state index contributed by atoms with van der Waals surface area (Å²) in [5, 5.41) is 3.67. The summed E-state index contributed by atoms with van der Waals surface area (Å²) in [7, 11) is 1.77. The van der Waals surface area contributed by atoms with Crippen LogP contribution in [0.5, 0.6) is 0 Å². The largest absolute Gasteiger partial charge is 0.383 e. The lowest BCUT2D eigenvalue weighted by atomic mass is 10.0. The van der Waals surface area contributed by atoms with Gasteiger partial charge >= 0.3 is 0 Å². The molecule has 0 saturated carbocycles. The maximum absolute atomic E-state index is 5.34. The molecule has 1 aromatic rings. The van der Waals surface area contributed by atoms with Gasteiger partial charge in [0.1, 0.15) is 0 Å². The number of nitrogens with zero attached hydrogens (tertiary/aromatic N) is 1. The van der Waals surface area contributed by atoms with Crippen LogP contribution in [0.4, 0.5) is 5.69 Å². The first-order valence-electron chi connectivity index (χ1n) is 8.27. The molecule has 1 aromatic carbocycles. The predicted octanol–water partition coefficient (Wildman–Crippen LogP) is 4.00. The lowest BCUT2D eigenvalue weighted by Gasteiger charge is -2.33. The molecule has 3 heteroatoms. The standard InChI is InChI=1S/C18H32N2O/c1-6-13-19-17(7-2)16-11-9-10-12-18(16)20(8-3)15(4)14-21-5/h9-12,15,17,19H,6-8,13-14H2,1-5H3. The van der Waals surface area contributed by atoms with E-state index in [4.69, 9.17) is 4.74 Å². The highest BCUT2D eigenvalue weighted by atomic mass is 16.5. The van der Waals surface area contributed by atoms with Crippen LogP contribution in [0.2, 0.25) is 0 Å². The SMILES string of the molecule is CCCNC(CC)c1ccccc1N(CC)C(C)COC. The van der Waals surface area contributed by atoms with Crippen molar-refractivity contribution < 1.29 is 4.74 Å². The van der Waals surface area contributed by atoms with Crippen LogP contribution in [-0.2, 0) is 4.74 Å². The summed E-state index contributed by atoms with van der Waals surface area (Å²) >= 11 is 0. The van der Waals surface area contributed by atoms with E-state index < -0.39 is 0 Å². The summed E-state index contributed by atoms with van der Waals surface area (Å²) in [6, 6.07) is 9.57. The van der Waals surface area contributed by atoms with E-state index in [0.29, 0.717) is 12.1 Å². The third kappa shape index (κ3) is 5.01. The first kappa shape index (κ1) is 18.0. The van der Waals surface area contributed by atoms with E-state index in [2.05, 4.69) is 62.2 Å². The van der Waals surface area contributed by atoms with Crippen LogP contribution in [-0.4, -0.2) is 32.8 Å². The van der Waals surface area contributed by atoms with Gasteiger partial charge in [-0.1, -0.05) is 32.0 Å². The third-order valence-electron chi connectivity index (χ3n) is 3.95. The maximum atomic E-state index is 5.34. The molecular weight excluding hydrogens is 260 g/mol. The number of methoxy groups -OCH3 is 1. The lowest BCUT2D eigenvalue weighted by molar-refractivity contribution is 0.182. The highest BCUT2D eigenvalue weighted by molar-refractivity contribution is 5.55. The fourth-order valence-corrected chi connectivity index (χ4v) is 2.89. The van der Waals surface area contributed by atoms with Gasteiger partial charge in [0, 0.05) is 31.4 Å². The fraction of sp³-hybridized carbons (Fsp3) is 0.667. The van der Waals surface area contributed by atoms with E-state index in [0.717, 1.165) is 32.5 Å². The van der Waals surface area contributed by atoms with E-state index in [1.807, 2.05) is 0 Å². The molecule has 0 bridgehead atoms. The van der Waals surface area contributed by atoms with Crippen molar-refractivity contribution in [2.24, 2.45) is 0 Å². The van der Waals surface area contributed by atoms with Gasteiger partial charge in [0.05, 0.1) is 6.61 Å². The zero-order valence-electron chi connectivity index (χ0n) is 14.4. The van der Waals surface area contributed by atoms with Crippen LogP contribution in [0.25, 0.3) is 0 Å². The second kappa shape index (κ2) is 9.80. The fourth-order valence-electron chi connectivity index (χ4n) is 2.89. The topological polar surface area (TPSA) is 24.5 Å². The van der Waals surface area contributed by atoms with E-state index in [1.165, 1.54) is 11.3 Å². The lowest BCUT2D eigenvalue weighted by Crippen LogP contribution is -2.37. The van der Waals surface area contributed by atoms with Gasteiger partial charge in [0.15, 0.2) is 0 Å². The number of nitrogens with one attached hydrogen (secondary N) is 1. The second-order valence-electron chi connectivity index (χ2n) is 5.56.